The smallest absolute Gasteiger partial charge is 0.225 e. The number of ketones is 1. The normalized spacial score (nSPS) is 41.6. The van der Waals surface area contributed by atoms with Gasteiger partial charge in [-0.2, -0.15) is 0 Å². The first-order valence-electron chi connectivity index (χ1n) is 8.02. The maximum Gasteiger partial charge on any atom is 0.225 e. The predicted octanol–water partition coefficient (Wildman–Crippen LogP) is 2.02. The average molecular weight is 279 g/mol. The molecular weight excluding hydrogens is 254 g/mol. The van der Waals surface area contributed by atoms with E-state index in [9.17, 15) is 9.59 Å². The minimum absolute atomic E-state index is 0.0699. The molecule has 20 heavy (non-hydrogen) atoms. The van der Waals surface area contributed by atoms with Gasteiger partial charge < -0.3 is 9.64 Å². The maximum atomic E-state index is 12.7. The molecule has 112 valence electrons. The lowest BCUT2D eigenvalue weighted by Gasteiger charge is -2.41. The Kier molecular flexibility index (Phi) is 3.85. The number of fused-ring (bicyclic) bond motifs is 2. The van der Waals surface area contributed by atoms with E-state index in [-0.39, 0.29) is 35.9 Å². The van der Waals surface area contributed by atoms with Crippen molar-refractivity contribution >= 4 is 11.7 Å². The highest BCUT2D eigenvalue weighted by molar-refractivity contribution is 5.88. The number of amides is 1. The highest BCUT2D eigenvalue weighted by Crippen LogP contribution is 2.40. The molecule has 4 heteroatoms. The topological polar surface area (TPSA) is 46.6 Å². The molecule has 0 N–H and O–H groups in total. The Morgan fingerprint density at radius 1 is 1.10 bits per heavy atom. The maximum absolute atomic E-state index is 12.7. The van der Waals surface area contributed by atoms with Gasteiger partial charge in [0.2, 0.25) is 5.91 Å². The summed E-state index contributed by atoms with van der Waals surface area (Å²) < 4.78 is 5.70. The van der Waals surface area contributed by atoms with Gasteiger partial charge in [-0.05, 0) is 39.5 Å². The zero-order valence-corrected chi connectivity index (χ0v) is 12.5. The third-order valence-electron chi connectivity index (χ3n) is 5.13. The van der Waals surface area contributed by atoms with Gasteiger partial charge in [-0.3, -0.25) is 9.59 Å². The molecule has 1 heterocycles. The number of rotatable bonds is 1. The van der Waals surface area contributed by atoms with Crippen LogP contribution < -0.4 is 0 Å². The highest BCUT2D eigenvalue weighted by Gasteiger charge is 2.43. The van der Waals surface area contributed by atoms with Crippen molar-refractivity contribution in [3.63, 3.8) is 0 Å². The summed E-state index contributed by atoms with van der Waals surface area (Å²) in [5.74, 6) is 1.08. The quantitative estimate of drug-likeness (QED) is 0.737. The molecule has 1 amide bonds. The summed E-state index contributed by atoms with van der Waals surface area (Å²) in [6.45, 7) is 5.44. The van der Waals surface area contributed by atoms with Crippen molar-refractivity contribution in [2.24, 2.45) is 17.8 Å². The molecule has 0 aromatic rings. The van der Waals surface area contributed by atoms with Crippen LogP contribution in [0.2, 0.25) is 0 Å². The summed E-state index contributed by atoms with van der Waals surface area (Å²) in [5, 5.41) is 0. The average Bonchev–Trinajstić information content (AvgIpc) is 2.36. The fourth-order valence-corrected chi connectivity index (χ4v) is 4.30. The minimum Gasteiger partial charge on any atom is -0.372 e. The Bertz CT molecular complexity index is 383. The summed E-state index contributed by atoms with van der Waals surface area (Å²) in [4.78, 5) is 26.8. The number of hydrogen-bond donors (Lipinski definition) is 0. The first-order valence-corrected chi connectivity index (χ1v) is 8.02. The molecule has 3 rings (SSSR count). The Hall–Kier alpha value is -0.900. The van der Waals surface area contributed by atoms with Crippen LogP contribution in [0.1, 0.15) is 46.0 Å². The highest BCUT2D eigenvalue weighted by atomic mass is 16.5. The number of carbonyl (C=O) groups is 2. The van der Waals surface area contributed by atoms with E-state index in [0.29, 0.717) is 18.9 Å². The fourth-order valence-electron chi connectivity index (χ4n) is 4.30. The van der Waals surface area contributed by atoms with Gasteiger partial charge in [-0.15, -0.1) is 0 Å². The Labute approximate surface area is 120 Å². The van der Waals surface area contributed by atoms with Crippen molar-refractivity contribution in [1.82, 2.24) is 4.90 Å². The van der Waals surface area contributed by atoms with Crippen LogP contribution in [-0.2, 0) is 14.3 Å². The molecule has 2 bridgehead atoms. The largest absolute Gasteiger partial charge is 0.372 e. The number of hydrogen-bond acceptors (Lipinski definition) is 3. The van der Waals surface area contributed by atoms with E-state index < -0.39 is 0 Å². The van der Waals surface area contributed by atoms with E-state index >= 15 is 0 Å². The predicted molar refractivity (Wildman–Crippen MR) is 75.2 cm³/mol. The molecule has 1 saturated heterocycles. The molecule has 0 aromatic heterocycles. The van der Waals surface area contributed by atoms with Crippen LogP contribution in [-0.4, -0.2) is 41.9 Å². The van der Waals surface area contributed by atoms with E-state index in [0.717, 1.165) is 32.1 Å². The molecule has 4 atom stereocenters. The molecule has 2 aliphatic carbocycles. The Morgan fingerprint density at radius 2 is 1.65 bits per heavy atom. The van der Waals surface area contributed by atoms with Crippen molar-refractivity contribution in [1.29, 1.82) is 0 Å². The van der Waals surface area contributed by atoms with E-state index in [1.165, 1.54) is 0 Å². The summed E-state index contributed by atoms with van der Waals surface area (Å²) in [6, 6.07) is 0. The zero-order chi connectivity index (χ0) is 14.3. The van der Waals surface area contributed by atoms with E-state index in [2.05, 4.69) is 0 Å². The van der Waals surface area contributed by atoms with Crippen LogP contribution in [0.15, 0.2) is 0 Å². The third-order valence-corrected chi connectivity index (χ3v) is 5.13. The Morgan fingerprint density at radius 3 is 2.20 bits per heavy atom. The van der Waals surface area contributed by atoms with Crippen molar-refractivity contribution in [2.45, 2.75) is 58.2 Å². The number of Topliss-reactive ketones (excluding diaryl/α,β-unsaturated/α-hetero) is 1. The number of nitrogens with zero attached hydrogens (tertiary/aromatic N) is 1. The van der Waals surface area contributed by atoms with Gasteiger partial charge in [-0.1, -0.05) is 6.42 Å². The molecule has 2 saturated carbocycles. The summed E-state index contributed by atoms with van der Waals surface area (Å²) in [7, 11) is 0. The van der Waals surface area contributed by atoms with Crippen molar-refractivity contribution in [3.05, 3.63) is 0 Å². The van der Waals surface area contributed by atoms with Gasteiger partial charge in [0, 0.05) is 30.8 Å². The van der Waals surface area contributed by atoms with Gasteiger partial charge in [0.15, 0.2) is 0 Å². The van der Waals surface area contributed by atoms with E-state index in [1.807, 2.05) is 18.7 Å². The summed E-state index contributed by atoms with van der Waals surface area (Å²) >= 11 is 0. The fraction of sp³-hybridized carbons (Fsp3) is 0.875. The number of carbonyl (C=O) groups excluding carboxylic acids is 2. The Balaban J connectivity index is 1.67. The molecule has 4 nitrogen and oxygen atoms in total. The van der Waals surface area contributed by atoms with Gasteiger partial charge in [-0.25, -0.2) is 0 Å². The van der Waals surface area contributed by atoms with Crippen LogP contribution in [0.3, 0.4) is 0 Å². The molecule has 3 aliphatic rings. The lowest BCUT2D eigenvalue weighted by Crippen LogP contribution is -2.52. The third kappa shape index (κ3) is 2.62. The molecular formula is C16H25NO3. The van der Waals surface area contributed by atoms with Gasteiger partial charge in [0.1, 0.15) is 5.78 Å². The number of ether oxygens (including phenoxy) is 1. The molecule has 1 aliphatic heterocycles. The van der Waals surface area contributed by atoms with Crippen LogP contribution in [0, 0.1) is 17.8 Å². The summed E-state index contributed by atoms with van der Waals surface area (Å²) in [6.07, 6.45) is 4.96. The summed E-state index contributed by atoms with van der Waals surface area (Å²) in [5.41, 5.74) is 0. The monoisotopic (exact) mass is 279 g/mol. The van der Waals surface area contributed by atoms with Crippen molar-refractivity contribution in [2.75, 3.05) is 13.1 Å². The number of morpholine rings is 1. The standard InChI is InChI=1S/C16H25NO3/c1-10-8-17(9-11(2)20-10)16(19)14-6-12-4-3-5-13(7-14)15(12)18/h10-14H,3-9H2,1-2H3. The van der Waals surface area contributed by atoms with Crippen LogP contribution in [0.25, 0.3) is 0 Å². The second kappa shape index (κ2) is 5.47. The van der Waals surface area contributed by atoms with E-state index in [1.54, 1.807) is 0 Å². The second-order valence-corrected chi connectivity index (χ2v) is 6.90. The first-order chi connectivity index (χ1) is 9.54. The molecule has 3 fully saturated rings. The van der Waals surface area contributed by atoms with Crippen LogP contribution >= 0.6 is 0 Å². The SMILES string of the molecule is CC1CN(C(=O)C2CC3CCCC(C2)C3=O)CC(C)O1. The second-order valence-electron chi connectivity index (χ2n) is 6.90. The molecule has 0 aromatic carbocycles. The van der Waals surface area contributed by atoms with Crippen molar-refractivity contribution in [3.8, 4) is 0 Å². The van der Waals surface area contributed by atoms with Crippen molar-refractivity contribution < 1.29 is 14.3 Å². The molecule has 0 radical (unpaired) electrons. The first kappa shape index (κ1) is 14.1. The van der Waals surface area contributed by atoms with Gasteiger partial charge in [0.25, 0.3) is 0 Å². The lowest BCUT2D eigenvalue weighted by atomic mass is 9.67. The minimum atomic E-state index is 0.0699. The molecule has 0 spiro atoms. The van der Waals surface area contributed by atoms with Crippen LogP contribution in [0.4, 0.5) is 0 Å². The van der Waals surface area contributed by atoms with Crippen LogP contribution in [0.5, 0.6) is 0 Å². The lowest BCUT2D eigenvalue weighted by molar-refractivity contribution is -0.152. The zero-order valence-electron chi connectivity index (χ0n) is 12.5. The van der Waals surface area contributed by atoms with Gasteiger partial charge >= 0.3 is 0 Å². The van der Waals surface area contributed by atoms with Gasteiger partial charge in [0.05, 0.1) is 12.2 Å². The van der Waals surface area contributed by atoms with E-state index in [4.69, 9.17) is 4.74 Å². The molecule has 4 unspecified atom stereocenters.